The number of ether oxygens (including phenoxy) is 2. The van der Waals surface area contributed by atoms with Gasteiger partial charge >= 0.3 is 0 Å². The van der Waals surface area contributed by atoms with Crippen molar-refractivity contribution in [2.24, 2.45) is 0 Å². The van der Waals surface area contributed by atoms with Crippen LogP contribution in [0.4, 0.5) is 0 Å². The van der Waals surface area contributed by atoms with Crippen molar-refractivity contribution >= 4 is 17.5 Å². The second-order valence-corrected chi connectivity index (χ2v) is 7.70. The fraction of sp³-hybridized carbons (Fsp3) is 0.826. The number of unbranched alkanes of at least 4 members (excludes halogenated alkanes) is 10. The Morgan fingerprint density at radius 1 is 0.786 bits per heavy atom. The van der Waals surface area contributed by atoms with E-state index >= 15 is 0 Å². The topological polar surface area (TPSA) is 69.7 Å². The molecule has 0 aromatic heterocycles. The summed E-state index contributed by atoms with van der Waals surface area (Å²) in [5.41, 5.74) is -0.199. The zero-order valence-electron chi connectivity index (χ0n) is 17.8. The van der Waals surface area contributed by atoms with Crippen LogP contribution in [0, 0.1) is 0 Å². The Kier molecular flexibility index (Phi) is 13.8. The predicted octanol–water partition coefficient (Wildman–Crippen LogP) is 4.78. The van der Waals surface area contributed by atoms with Gasteiger partial charge in [-0.25, -0.2) is 4.79 Å². The van der Waals surface area contributed by atoms with Gasteiger partial charge in [-0.2, -0.15) is 0 Å². The molecular formula is C23H38O5. The molecule has 5 heteroatoms. The standard InChI is InChI=1S/C23H38O5/c1-3-5-7-9-11-13-15-27-21-17-20(25)23(19(18-24)22(21)26)28-16-14-12-10-8-6-4-2/h21,23H,3-17H2,1-2H3. The molecule has 5 nitrogen and oxygen atoms in total. The second kappa shape index (κ2) is 15.6. The van der Waals surface area contributed by atoms with Crippen molar-refractivity contribution in [3.8, 4) is 0 Å². The van der Waals surface area contributed by atoms with Gasteiger partial charge < -0.3 is 9.47 Å². The Balaban J connectivity index is 2.33. The van der Waals surface area contributed by atoms with Crippen molar-refractivity contribution in [3.05, 3.63) is 5.57 Å². The van der Waals surface area contributed by atoms with Crippen LogP contribution < -0.4 is 0 Å². The lowest BCUT2D eigenvalue weighted by atomic mass is 9.88. The van der Waals surface area contributed by atoms with E-state index in [9.17, 15) is 14.4 Å². The molecule has 1 fully saturated rings. The van der Waals surface area contributed by atoms with Crippen LogP contribution in [0.2, 0.25) is 0 Å². The molecule has 0 aliphatic heterocycles. The summed E-state index contributed by atoms with van der Waals surface area (Å²) in [5.74, 6) is 0.960. The number of hydrogen-bond donors (Lipinski definition) is 0. The third-order valence-electron chi connectivity index (χ3n) is 5.21. The van der Waals surface area contributed by atoms with Crippen LogP contribution in [0.3, 0.4) is 0 Å². The Morgan fingerprint density at radius 3 is 1.82 bits per heavy atom. The highest BCUT2D eigenvalue weighted by Crippen LogP contribution is 2.22. The van der Waals surface area contributed by atoms with Crippen LogP contribution in [0.5, 0.6) is 0 Å². The average molecular weight is 395 g/mol. The molecule has 2 unspecified atom stereocenters. The molecule has 0 bridgehead atoms. The van der Waals surface area contributed by atoms with Crippen molar-refractivity contribution < 1.29 is 23.9 Å². The van der Waals surface area contributed by atoms with Crippen molar-refractivity contribution in [2.45, 2.75) is 110 Å². The van der Waals surface area contributed by atoms with E-state index in [2.05, 4.69) is 13.8 Å². The van der Waals surface area contributed by atoms with Gasteiger partial charge in [0.05, 0.1) is 0 Å². The van der Waals surface area contributed by atoms with Crippen molar-refractivity contribution in [3.63, 3.8) is 0 Å². The minimum atomic E-state index is -1.06. The van der Waals surface area contributed by atoms with Crippen LogP contribution in [-0.4, -0.2) is 42.9 Å². The fourth-order valence-electron chi connectivity index (χ4n) is 3.45. The molecule has 1 rings (SSSR count). The Labute approximate surface area is 170 Å². The Morgan fingerprint density at radius 2 is 1.29 bits per heavy atom. The van der Waals surface area contributed by atoms with Gasteiger partial charge in [-0.3, -0.25) is 9.59 Å². The molecule has 0 heterocycles. The number of Topliss-reactive ketones (excluding diaryl/α,β-unsaturated/α-hetero) is 2. The quantitative estimate of drug-likeness (QED) is 0.214. The Bertz CT molecular complexity index is 507. The van der Waals surface area contributed by atoms with Gasteiger partial charge in [0.1, 0.15) is 17.6 Å². The molecule has 0 saturated heterocycles. The second-order valence-electron chi connectivity index (χ2n) is 7.70. The maximum absolute atomic E-state index is 12.5. The molecule has 0 aromatic carbocycles. The van der Waals surface area contributed by atoms with Gasteiger partial charge in [0.25, 0.3) is 0 Å². The van der Waals surface area contributed by atoms with Crippen LogP contribution in [0.25, 0.3) is 0 Å². The molecule has 1 saturated carbocycles. The number of rotatable bonds is 16. The largest absolute Gasteiger partial charge is 0.370 e. The highest BCUT2D eigenvalue weighted by molar-refractivity contribution is 6.15. The summed E-state index contributed by atoms with van der Waals surface area (Å²) < 4.78 is 11.2. The third kappa shape index (κ3) is 9.27. The van der Waals surface area contributed by atoms with Crippen LogP contribution in [0.1, 0.15) is 97.3 Å². The molecule has 2 atom stereocenters. The van der Waals surface area contributed by atoms with Gasteiger partial charge in [0.2, 0.25) is 5.78 Å². The first-order valence-corrected chi connectivity index (χ1v) is 11.2. The smallest absolute Gasteiger partial charge is 0.202 e. The minimum absolute atomic E-state index is 0.0129. The SMILES string of the molecule is CCCCCCCCOC1CC(=O)C(OCCCCCCCC)C(=C=O)C1=O. The third-order valence-corrected chi connectivity index (χ3v) is 5.21. The molecule has 160 valence electrons. The van der Waals surface area contributed by atoms with E-state index in [1.54, 1.807) is 5.94 Å². The van der Waals surface area contributed by atoms with E-state index in [0.29, 0.717) is 13.2 Å². The monoisotopic (exact) mass is 394 g/mol. The summed E-state index contributed by atoms with van der Waals surface area (Å²) >= 11 is 0. The summed E-state index contributed by atoms with van der Waals surface area (Å²) in [6.07, 6.45) is 11.4. The highest BCUT2D eigenvalue weighted by Gasteiger charge is 2.41. The fourth-order valence-corrected chi connectivity index (χ4v) is 3.45. The summed E-state index contributed by atoms with van der Waals surface area (Å²) in [6, 6.07) is 0. The van der Waals surface area contributed by atoms with Gasteiger partial charge in [0.15, 0.2) is 11.9 Å². The summed E-state index contributed by atoms with van der Waals surface area (Å²) in [5, 5.41) is 0. The van der Waals surface area contributed by atoms with Gasteiger partial charge in [-0.05, 0) is 12.8 Å². The predicted molar refractivity (Wildman–Crippen MR) is 110 cm³/mol. The minimum Gasteiger partial charge on any atom is -0.370 e. The molecule has 0 amide bonds. The zero-order valence-corrected chi connectivity index (χ0v) is 17.8. The lowest BCUT2D eigenvalue weighted by Crippen LogP contribution is -2.44. The van der Waals surface area contributed by atoms with Gasteiger partial charge in [-0.1, -0.05) is 78.1 Å². The highest BCUT2D eigenvalue weighted by atomic mass is 16.5. The number of carbonyl (C=O) groups is 2. The van der Waals surface area contributed by atoms with E-state index in [-0.39, 0.29) is 17.8 Å². The molecular weight excluding hydrogens is 356 g/mol. The molecule has 1 aliphatic rings. The normalized spacial score (nSPS) is 19.9. The lowest BCUT2D eigenvalue weighted by Gasteiger charge is -2.27. The van der Waals surface area contributed by atoms with Crippen LogP contribution in [-0.2, 0) is 23.9 Å². The summed E-state index contributed by atoms with van der Waals surface area (Å²) in [6.45, 7) is 5.17. The maximum Gasteiger partial charge on any atom is 0.202 e. The summed E-state index contributed by atoms with van der Waals surface area (Å²) in [4.78, 5) is 36.1. The van der Waals surface area contributed by atoms with E-state index in [4.69, 9.17) is 9.47 Å². The van der Waals surface area contributed by atoms with E-state index in [1.165, 1.54) is 38.5 Å². The van der Waals surface area contributed by atoms with Crippen LogP contribution in [0.15, 0.2) is 5.57 Å². The van der Waals surface area contributed by atoms with Crippen molar-refractivity contribution in [2.75, 3.05) is 13.2 Å². The van der Waals surface area contributed by atoms with Gasteiger partial charge in [0, 0.05) is 19.6 Å². The molecule has 28 heavy (non-hydrogen) atoms. The first-order chi connectivity index (χ1) is 13.7. The van der Waals surface area contributed by atoms with E-state index in [0.717, 1.165) is 38.5 Å². The lowest BCUT2D eigenvalue weighted by molar-refractivity contribution is -0.144. The Hall–Kier alpha value is -1.29. The number of ketones is 2. The molecule has 0 N–H and O–H groups in total. The molecule has 1 aliphatic carbocycles. The molecule has 0 radical (unpaired) electrons. The number of hydrogen-bond acceptors (Lipinski definition) is 5. The first kappa shape index (κ1) is 24.7. The number of carbonyl (C=O) groups excluding carboxylic acids is 3. The van der Waals surface area contributed by atoms with E-state index in [1.807, 2.05) is 0 Å². The van der Waals surface area contributed by atoms with E-state index < -0.39 is 18.0 Å². The van der Waals surface area contributed by atoms with Crippen molar-refractivity contribution in [1.29, 1.82) is 0 Å². The first-order valence-electron chi connectivity index (χ1n) is 11.2. The average Bonchev–Trinajstić information content (AvgIpc) is 2.69. The maximum atomic E-state index is 12.5. The van der Waals surface area contributed by atoms with Crippen LogP contribution >= 0.6 is 0 Å². The summed E-state index contributed by atoms with van der Waals surface area (Å²) in [7, 11) is 0. The van der Waals surface area contributed by atoms with Crippen molar-refractivity contribution in [1.82, 2.24) is 0 Å². The van der Waals surface area contributed by atoms with Gasteiger partial charge in [-0.15, -0.1) is 0 Å². The molecule has 0 aromatic rings. The molecule has 0 spiro atoms. The zero-order chi connectivity index (χ0) is 20.6.